The number of nitrogens with two attached hydrogens (primary N) is 1. The quantitative estimate of drug-likeness (QED) is 0.118. The molecule has 1 saturated heterocycles. The average Bonchev–Trinajstić information content (AvgIpc) is 3.24. The highest BCUT2D eigenvalue weighted by atomic mass is 31.3. The van der Waals surface area contributed by atoms with Crippen LogP contribution in [0.15, 0.2) is 12.7 Å². The Labute approximate surface area is 214 Å². The predicted molar refractivity (Wildman–Crippen MR) is 117 cm³/mol. The molecule has 0 spiro atoms. The molecule has 1 aliphatic heterocycles. The molecule has 6 atom stereocenters. The van der Waals surface area contributed by atoms with Crippen molar-refractivity contribution >= 4 is 56.1 Å². The second kappa shape index (κ2) is 11.3. The minimum absolute atomic E-state index is 0.0178. The van der Waals surface area contributed by atoms with Crippen molar-refractivity contribution in [3.05, 3.63) is 12.7 Å². The van der Waals surface area contributed by atoms with E-state index in [0.29, 0.717) is 0 Å². The van der Waals surface area contributed by atoms with E-state index in [2.05, 4.69) is 36.7 Å². The number of aromatic nitrogens is 4. The average molecular weight is 667 g/mol. The first-order valence-corrected chi connectivity index (χ1v) is 16.9. The van der Waals surface area contributed by atoms with Crippen LogP contribution in [-0.4, -0.2) is 84.0 Å². The van der Waals surface area contributed by atoms with Crippen LogP contribution < -0.4 is 5.73 Å². The summed E-state index contributed by atoms with van der Waals surface area (Å²) in [4.78, 5) is 65.2. The van der Waals surface area contributed by atoms with Crippen LogP contribution >= 0.6 is 39.1 Å². The normalized spacial score (nSPS) is 27.2. The second-order valence-electron chi connectivity index (χ2n) is 7.12. The molecule has 1 aliphatic rings. The number of aliphatic hydroxyl groups is 2. The zero-order valence-corrected chi connectivity index (χ0v) is 22.8. The lowest BCUT2D eigenvalue weighted by atomic mass is 10.1. The SMILES string of the molecule is Nc1ncnc2c1ncn2[C@@H]1O[C@H](COP(=O)(OP(=O)(O)OP(=O)(O)O)OP(=O)(O)OP(=O)(O)O)[C@@H](O)[C@H]1O. The van der Waals surface area contributed by atoms with Crippen molar-refractivity contribution in [1.82, 2.24) is 19.5 Å². The van der Waals surface area contributed by atoms with E-state index in [-0.39, 0.29) is 17.0 Å². The summed E-state index contributed by atoms with van der Waals surface area (Å²) < 4.78 is 83.7. The monoisotopic (exact) mass is 667 g/mol. The smallest absolute Gasteiger partial charge is 0.387 e. The van der Waals surface area contributed by atoms with Gasteiger partial charge in [-0.15, -0.1) is 0 Å². The van der Waals surface area contributed by atoms with Gasteiger partial charge in [0.05, 0.1) is 12.9 Å². The Morgan fingerprint density at radius 3 is 1.90 bits per heavy atom. The van der Waals surface area contributed by atoms with Crippen LogP contribution in [0, 0.1) is 0 Å². The molecule has 2 unspecified atom stereocenters. The van der Waals surface area contributed by atoms with Crippen molar-refractivity contribution in [2.45, 2.75) is 24.5 Å². The summed E-state index contributed by atoms with van der Waals surface area (Å²) in [7, 11) is -30.3. The second-order valence-corrected chi connectivity index (χ2v) is 14.7. The van der Waals surface area contributed by atoms with Crippen LogP contribution in [-0.2, 0) is 49.3 Å². The van der Waals surface area contributed by atoms with Crippen molar-refractivity contribution in [3.8, 4) is 0 Å². The number of anilines is 1. The van der Waals surface area contributed by atoms with Gasteiger partial charge in [-0.3, -0.25) is 9.09 Å². The number of nitrogens with zero attached hydrogens (tertiary/aromatic N) is 4. The highest BCUT2D eigenvalue weighted by Gasteiger charge is 2.51. The van der Waals surface area contributed by atoms with Crippen molar-refractivity contribution in [1.29, 1.82) is 0 Å². The summed E-state index contributed by atoms with van der Waals surface area (Å²) in [5.41, 5.74) is 5.76. The molecule has 1 fully saturated rings. The molecule has 3 rings (SSSR count). The number of hydrogen-bond acceptors (Lipinski definition) is 17. The van der Waals surface area contributed by atoms with Gasteiger partial charge >= 0.3 is 39.1 Å². The third kappa shape index (κ3) is 8.71. The summed E-state index contributed by atoms with van der Waals surface area (Å²) in [5, 5.41) is 20.8. The zero-order valence-electron chi connectivity index (χ0n) is 18.3. The van der Waals surface area contributed by atoms with Gasteiger partial charge in [-0.1, -0.05) is 0 Å². The van der Waals surface area contributed by atoms with E-state index < -0.39 is 70.3 Å². The van der Waals surface area contributed by atoms with Gasteiger partial charge in [-0.05, 0) is 0 Å². The van der Waals surface area contributed by atoms with Gasteiger partial charge in [0.25, 0.3) is 0 Å². The first kappa shape index (κ1) is 32.5. The Kier molecular flexibility index (Phi) is 9.42. The van der Waals surface area contributed by atoms with Crippen LogP contribution in [0.2, 0.25) is 0 Å². The lowest BCUT2D eigenvalue weighted by Crippen LogP contribution is -2.33. The number of hydrogen-bond donors (Lipinski definition) is 9. The van der Waals surface area contributed by atoms with Crippen LogP contribution in [0.3, 0.4) is 0 Å². The lowest BCUT2D eigenvalue weighted by Gasteiger charge is -2.23. The lowest BCUT2D eigenvalue weighted by molar-refractivity contribution is -0.0502. The Balaban J connectivity index is 1.84. The van der Waals surface area contributed by atoms with E-state index in [1.807, 2.05) is 0 Å². The third-order valence-corrected chi connectivity index (χ3v) is 11.3. The Morgan fingerprint density at radius 1 is 0.846 bits per heavy atom. The molecule has 39 heavy (non-hydrogen) atoms. The summed E-state index contributed by atoms with van der Waals surface area (Å²) in [6.45, 7) is -1.32. The van der Waals surface area contributed by atoms with Crippen molar-refractivity contribution in [2.24, 2.45) is 0 Å². The predicted octanol–water partition coefficient (Wildman–Crippen LogP) is -1.40. The fraction of sp³-hybridized carbons (Fsp3) is 0.500. The van der Waals surface area contributed by atoms with Crippen molar-refractivity contribution in [2.75, 3.05) is 12.3 Å². The number of fused-ring (bicyclic) bond motifs is 1. The number of aliphatic hydroxyl groups excluding tert-OH is 2. The number of ether oxygens (including phenoxy) is 1. The zero-order chi connectivity index (χ0) is 29.6. The summed E-state index contributed by atoms with van der Waals surface area (Å²) in [5.74, 6) is -0.0566. The maximum absolute atomic E-state index is 12.8. The van der Waals surface area contributed by atoms with E-state index in [1.54, 1.807) is 0 Å². The standard InChI is InChI=1S/C10H18N5O19P5/c11-8-5-9(13-2-12-8)15(3-14-5)10-7(17)6(16)4(30-10)1-29-39(28,33-37(24,25)31-35(18,19)20)34-38(26,27)32-36(21,22)23/h2-4,6-7,10,16-17H,1H2,(H,24,25)(H,26,27)(H2,11,12,13)(H2,18,19,20)(H2,21,22,23)/t4-,6-,7-,10-/m1/s1. The van der Waals surface area contributed by atoms with Gasteiger partial charge < -0.3 is 50.0 Å². The van der Waals surface area contributed by atoms with Crippen LogP contribution in [0.1, 0.15) is 6.23 Å². The molecule has 222 valence electrons. The highest BCUT2D eigenvalue weighted by Crippen LogP contribution is 2.74. The first-order chi connectivity index (χ1) is 17.6. The van der Waals surface area contributed by atoms with Crippen molar-refractivity contribution < 1.29 is 88.9 Å². The third-order valence-electron chi connectivity index (χ3n) is 4.22. The summed E-state index contributed by atoms with van der Waals surface area (Å²) in [6.07, 6.45) is -4.89. The molecule has 0 radical (unpaired) electrons. The summed E-state index contributed by atoms with van der Waals surface area (Å²) >= 11 is 0. The Bertz CT molecular complexity index is 1400. The van der Waals surface area contributed by atoms with Gasteiger partial charge in [0.15, 0.2) is 17.7 Å². The Morgan fingerprint density at radius 2 is 1.38 bits per heavy atom. The number of imidazole rings is 1. The first-order valence-electron chi connectivity index (χ1n) is 9.41. The van der Waals surface area contributed by atoms with E-state index in [0.717, 1.165) is 17.2 Å². The fourth-order valence-electron chi connectivity index (χ4n) is 2.93. The fourth-order valence-corrected chi connectivity index (χ4v) is 8.97. The maximum atomic E-state index is 12.8. The molecule has 10 N–H and O–H groups in total. The molecule has 3 heterocycles. The molecular formula is C10H18N5O19P5. The molecule has 29 heteroatoms. The van der Waals surface area contributed by atoms with Crippen LogP contribution in [0.25, 0.3) is 11.2 Å². The van der Waals surface area contributed by atoms with E-state index in [9.17, 15) is 42.8 Å². The topological polar surface area (TPSA) is 372 Å². The largest absolute Gasteiger partial charge is 0.492 e. The van der Waals surface area contributed by atoms with Crippen LogP contribution in [0.4, 0.5) is 5.82 Å². The van der Waals surface area contributed by atoms with E-state index >= 15 is 0 Å². The van der Waals surface area contributed by atoms with Gasteiger partial charge in [-0.25, -0.2) is 37.8 Å². The van der Waals surface area contributed by atoms with E-state index in [4.69, 9.17) is 30.0 Å². The molecule has 2 aromatic heterocycles. The molecule has 0 bridgehead atoms. The molecule has 0 amide bonds. The highest BCUT2D eigenvalue weighted by molar-refractivity contribution is 7.71. The van der Waals surface area contributed by atoms with Gasteiger partial charge in [-0.2, -0.15) is 17.2 Å². The minimum atomic E-state index is -6.19. The molecular weight excluding hydrogens is 649 g/mol. The van der Waals surface area contributed by atoms with E-state index in [1.165, 1.54) is 0 Å². The van der Waals surface area contributed by atoms with Gasteiger partial charge in [0.2, 0.25) is 0 Å². The molecule has 0 aromatic carbocycles. The van der Waals surface area contributed by atoms with Gasteiger partial charge in [0.1, 0.15) is 30.2 Å². The molecule has 0 saturated carbocycles. The van der Waals surface area contributed by atoms with Gasteiger partial charge in [0, 0.05) is 0 Å². The Hall–Kier alpha value is -1.06. The number of phosphoric acid groups is 5. The summed E-state index contributed by atoms with van der Waals surface area (Å²) in [6, 6.07) is 0. The molecule has 24 nitrogen and oxygen atoms in total. The molecule has 0 aliphatic carbocycles. The molecule has 2 aromatic rings. The minimum Gasteiger partial charge on any atom is -0.387 e. The number of nitrogen functional groups attached to an aromatic ring is 1. The van der Waals surface area contributed by atoms with Crippen LogP contribution in [0.5, 0.6) is 0 Å². The van der Waals surface area contributed by atoms with Crippen molar-refractivity contribution in [3.63, 3.8) is 0 Å². The maximum Gasteiger partial charge on any atom is 0.492 e. The number of rotatable bonds is 12.